The summed E-state index contributed by atoms with van der Waals surface area (Å²) >= 11 is 0. The minimum absolute atomic E-state index is 0.0903. The number of rotatable bonds is 3. The van der Waals surface area contributed by atoms with Gasteiger partial charge in [0.15, 0.2) is 11.5 Å². The Morgan fingerprint density at radius 2 is 1.79 bits per heavy atom. The van der Waals surface area contributed by atoms with E-state index in [0.29, 0.717) is 17.9 Å². The molecule has 4 heteroatoms. The lowest BCUT2D eigenvalue weighted by molar-refractivity contribution is 0.170. The summed E-state index contributed by atoms with van der Waals surface area (Å²) in [5.74, 6) is 0.379. The van der Waals surface area contributed by atoms with Gasteiger partial charge in [-0.15, -0.1) is 0 Å². The largest absolute Gasteiger partial charge is 0.454 e. The monoisotopic (exact) mass is 260 g/mol. The molecule has 0 saturated carbocycles. The molecule has 2 aromatic carbocycles. The molecule has 98 valence electrons. The molecule has 3 rings (SSSR count). The van der Waals surface area contributed by atoms with Crippen molar-refractivity contribution in [2.75, 3.05) is 6.79 Å². The summed E-state index contributed by atoms with van der Waals surface area (Å²) in [5, 5.41) is 10.1. The highest BCUT2D eigenvalue weighted by Crippen LogP contribution is 2.36. The molecule has 0 radical (unpaired) electrons. The molecule has 0 aliphatic carbocycles. The van der Waals surface area contributed by atoms with E-state index >= 15 is 0 Å². The van der Waals surface area contributed by atoms with E-state index in [4.69, 9.17) is 9.47 Å². The van der Waals surface area contributed by atoms with E-state index in [9.17, 15) is 9.50 Å². The highest BCUT2D eigenvalue weighted by atomic mass is 19.1. The molecule has 1 aliphatic rings. The van der Waals surface area contributed by atoms with Crippen molar-refractivity contribution in [3.05, 3.63) is 59.4 Å². The smallest absolute Gasteiger partial charge is 0.231 e. The van der Waals surface area contributed by atoms with Crippen LogP contribution in [0.25, 0.3) is 0 Å². The molecular formula is C15H13FO3. The topological polar surface area (TPSA) is 38.7 Å². The predicted molar refractivity (Wildman–Crippen MR) is 67.6 cm³/mol. The molecule has 2 aromatic rings. The van der Waals surface area contributed by atoms with Crippen molar-refractivity contribution in [3.8, 4) is 11.5 Å². The predicted octanol–water partition coefficient (Wildman–Crippen LogP) is 2.83. The van der Waals surface area contributed by atoms with Crippen LogP contribution in [0, 0.1) is 5.82 Å². The lowest BCUT2D eigenvalue weighted by atomic mass is 10.0. The minimum Gasteiger partial charge on any atom is -0.454 e. The fourth-order valence-electron chi connectivity index (χ4n) is 2.14. The molecule has 0 spiro atoms. The van der Waals surface area contributed by atoms with Crippen LogP contribution in [0.15, 0.2) is 42.5 Å². The summed E-state index contributed by atoms with van der Waals surface area (Å²) in [6.45, 7) is 0.0903. The first kappa shape index (κ1) is 12.0. The first-order chi connectivity index (χ1) is 9.24. The molecule has 1 atom stereocenters. The maximum atomic E-state index is 13.9. The zero-order chi connectivity index (χ0) is 13.2. The summed E-state index contributed by atoms with van der Waals surface area (Å²) in [7, 11) is 0. The van der Waals surface area contributed by atoms with Crippen molar-refractivity contribution in [3.63, 3.8) is 0 Å². The number of hydrogen-bond acceptors (Lipinski definition) is 3. The lowest BCUT2D eigenvalue weighted by Crippen LogP contribution is -2.04. The van der Waals surface area contributed by atoms with Gasteiger partial charge >= 0.3 is 0 Å². The van der Waals surface area contributed by atoms with Gasteiger partial charge in [0.05, 0.1) is 6.10 Å². The zero-order valence-electron chi connectivity index (χ0n) is 10.2. The molecule has 3 nitrogen and oxygen atoms in total. The van der Waals surface area contributed by atoms with Crippen LogP contribution in [0.5, 0.6) is 11.5 Å². The molecule has 0 saturated heterocycles. The Morgan fingerprint density at radius 3 is 2.53 bits per heavy atom. The van der Waals surface area contributed by atoms with Crippen LogP contribution in [-0.2, 0) is 6.42 Å². The number of halogens is 1. The van der Waals surface area contributed by atoms with Crippen LogP contribution in [0.1, 0.15) is 17.2 Å². The highest BCUT2D eigenvalue weighted by molar-refractivity contribution is 5.46. The average Bonchev–Trinajstić information content (AvgIpc) is 2.86. The van der Waals surface area contributed by atoms with Gasteiger partial charge in [0.1, 0.15) is 5.82 Å². The molecule has 1 unspecified atom stereocenters. The number of ether oxygens (including phenoxy) is 2. The van der Waals surface area contributed by atoms with Crippen molar-refractivity contribution < 1.29 is 19.0 Å². The normalized spacial score (nSPS) is 14.4. The van der Waals surface area contributed by atoms with Crippen molar-refractivity contribution in [1.82, 2.24) is 0 Å². The number of aliphatic hydroxyl groups excluding tert-OH is 1. The van der Waals surface area contributed by atoms with E-state index < -0.39 is 11.9 Å². The van der Waals surface area contributed by atoms with Gasteiger partial charge in [0.2, 0.25) is 6.79 Å². The lowest BCUT2D eigenvalue weighted by Gasteiger charge is -2.12. The standard InChI is InChI=1S/C15H13FO3/c16-12-8-15-14(18-9-19-15)7-11(12)13(17)6-10-4-2-1-3-5-10/h1-5,7-8,13,17H,6,9H2. The molecule has 0 bridgehead atoms. The summed E-state index contributed by atoms with van der Waals surface area (Å²) in [4.78, 5) is 0. The van der Waals surface area contributed by atoms with Gasteiger partial charge in [-0.3, -0.25) is 0 Å². The molecule has 0 fully saturated rings. The van der Waals surface area contributed by atoms with Gasteiger partial charge in [-0.1, -0.05) is 30.3 Å². The maximum absolute atomic E-state index is 13.9. The second kappa shape index (κ2) is 4.90. The molecule has 1 heterocycles. The number of hydrogen-bond donors (Lipinski definition) is 1. The fourth-order valence-corrected chi connectivity index (χ4v) is 2.14. The number of fused-ring (bicyclic) bond motifs is 1. The Balaban J connectivity index is 1.86. The average molecular weight is 260 g/mol. The number of aliphatic hydroxyl groups is 1. The molecule has 1 aliphatic heterocycles. The quantitative estimate of drug-likeness (QED) is 0.922. The molecule has 0 aromatic heterocycles. The van der Waals surface area contributed by atoms with Crippen molar-refractivity contribution >= 4 is 0 Å². The van der Waals surface area contributed by atoms with Gasteiger partial charge in [-0.2, -0.15) is 0 Å². The highest BCUT2D eigenvalue weighted by Gasteiger charge is 2.21. The number of benzene rings is 2. The first-order valence-corrected chi connectivity index (χ1v) is 6.05. The third-order valence-electron chi connectivity index (χ3n) is 3.12. The van der Waals surface area contributed by atoms with Crippen molar-refractivity contribution in [2.45, 2.75) is 12.5 Å². The SMILES string of the molecule is OC(Cc1ccccc1)c1cc2c(cc1F)OCO2. The zero-order valence-corrected chi connectivity index (χ0v) is 10.2. The van der Waals surface area contributed by atoms with Gasteiger partial charge in [-0.05, 0) is 11.6 Å². The Hall–Kier alpha value is -2.07. The second-order valence-electron chi connectivity index (χ2n) is 4.43. The van der Waals surface area contributed by atoms with Crippen LogP contribution < -0.4 is 9.47 Å². The van der Waals surface area contributed by atoms with Crippen LogP contribution in [0.2, 0.25) is 0 Å². The van der Waals surface area contributed by atoms with Crippen molar-refractivity contribution in [1.29, 1.82) is 0 Å². The van der Waals surface area contributed by atoms with Gasteiger partial charge in [0, 0.05) is 18.1 Å². The Bertz CT molecular complexity index is 583. The minimum atomic E-state index is -0.906. The van der Waals surface area contributed by atoms with E-state index in [1.54, 1.807) is 0 Å². The Kier molecular flexibility index (Phi) is 3.09. The van der Waals surface area contributed by atoms with Crippen LogP contribution >= 0.6 is 0 Å². The summed E-state index contributed by atoms with van der Waals surface area (Å²) in [5.41, 5.74) is 1.18. The third-order valence-corrected chi connectivity index (χ3v) is 3.12. The van der Waals surface area contributed by atoms with E-state index in [1.807, 2.05) is 30.3 Å². The van der Waals surface area contributed by atoms with Crippen LogP contribution in [-0.4, -0.2) is 11.9 Å². The Labute approximate surface area is 110 Å². The molecule has 19 heavy (non-hydrogen) atoms. The summed E-state index contributed by atoms with van der Waals surface area (Å²) < 4.78 is 24.2. The van der Waals surface area contributed by atoms with Crippen LogP contribution in [0.3, 0.4) is 0 Å². The molecule has 1 N–H and O–H groups in total. The van der Waals surface area contributed by atoms with E-state index in [2.05, 4.69) is 0 Å². The van der Waals surface area contributed by atoms with Gasteiger partial charge in [-0.25, -0.2) is 4.39 Å². The molecule has 0 amide bonds. The van der Waals surface area contributed by atoms with Gasteiger partial charge < -0.3 is 14.6 Å². The summed E-state index contributed by atoms with van der Waals surface area (Å²) in [6, 6.07) is 12.2. The fraction of sp³-hybridized carbons (Fsp3) is 0.200. The first-order valence-electron chi connectivity index (χ1n) is 6.05. The maximum Gasteiger partial charge on any atom is 0.231 e. The van der Waals surface area contributed by atoms with E-state index in [1.165, 1.54) is 12.1 Å². The third kappa shape index (κ3) is 2.39. The summed E-state index contributed by atoms with van der Waals surface area (Å²) in [6.07, 6.45) is -0.547. The van der Waals surface area contributed by atoms with E-state index in [0.717, 1.165) is 5.56 Å². The van der Waals surface area contributed by atoms with E-state index in [-0.39, 0.29) is 12.4 Å². The van der Waals surface area contributed by atoms with Crippen molar-refractivity contribution in [2.24, 2.45) is 0 Å². The second-order valence-corrected chi connectivity index (χ2v) is 4.43. The molecular weight excluding hydrogens is 247 g/mol. The van der Waals surface area contributed by atoms with Crippen LogP contribution in [0.4, 0.5) is 4.39 Å². The van der Waals surface area contributed by atoms with Gasteiger partial charge in [0.25, 0.3) is 0 Å². The Morgan fingerprint density at radius 1 is 1.11 bits per heavy atom.